The number of ether oxygens (including phenoxy) is 1. The zero-order valence-corrected chi connectivity index (χ0v) is 14.8. The molecule has 0 spiro atoms. The largest absolute Gasteiger partial charge is 0.381 e. The summed E-state index contributed by atoms with van der Waals surface area (Å²) in [5.41, 5.74) is 0.338. The number of nitrogens with zero attached hydrogens (tertiary/aromatic N) is 2. The summed E-state index contributed by atoms with van der Waals surface area (Å²) in [5, 5.41) is 0. The van der Waals surface area contributed by atoms with Gasteiger partial charge in [0.05, 0.1) is 5.41 Å². The number of rotatable bonds is 3. The van der Waals surface area contributed by atoms with Crippen LogP contribution in [0.2, 0.25) is 0 Å². The van der Waals surface area contributed by atoms with Gasteiger partial charge in [0.1, 0.15) is 5.82 Å². The highest BCUT2D eigenvalue weighted by Crippen LogP contribution is 2.38. The maximum Gasteiger partial charge on any atom is 0.233 e. The molecule has 132 valence electrons. The van der Waals surface area contributed by atoms with Gasteiger partial charge in [-0.05, 0) is 50.6 Å². The van der Waals surface area contributed by atoms with Crippen molar-refractivity contribution < 1.29 is 13.9 Å². The lowest BCUT2D eigenvalue weighted by atomic mass is 9.73. The van der Waals surface area contributed by atoms with Gasteiger partial charge in [-0.3, -0.25) is 4.79 Å². The number of halogens is 1. The number of benzene rings is 1. The van der Waals surface area contributed by atoms with Crippen LogP contribution in [0.1, 0.15) is 25.3 Å². The van der Waals surface area contributed by atoms with Crippen LogP contribution in [0.25, 0.3) is 0 Å². The Kier molecular flexibility index (Phi) is 4.92. The van der Waals surface area contributed by atoms with Gasteiger partial charge >= 0.3 is 0 Å². The molecule has 0 N–H and O–H groups in total. The number of carbonyl (C=O) groups excluding carboxylic acids is 1. The Hall–Kier alpha value is -1.46. The average molecular weight is 334 g/mol. The van der Waals surface area contributed by atoms with Crippen molar-refractivity contribution in [3.05, 3.63) is 35.6 Å². The third kappa shape index (κ3) is 3.07. The topological polar surface area (TPSA) is 32.8 Å². The lowest BCUT2D eigenvalue weighted by Crippen LogP contribution is -2.49. The van der Waals surface area contributed by atoms with Crippen LogP contribution in [0, 0.1) is 11.7 Å². The van der Waals surface area contributed by atoms with E-state index in [0.717, 1.165) is 18.7 Å². The minimum absolute atomic E-state index is 0.175. The average Bonchev–Trinajstić information content (AvgIpc) is 2.97. The number of likely N-dealkylation sites (N-methyl/N-ethyl adjacent to an activating group) is 1. The molecule has 1 amide bonds. The van der Waals surface area contributed by atoms with E-state index in [1.165, 1.54) is 12.1 Å². The second kappa shape index (κ2) is 6.81. The van der Waals surface area contributed by atoms with E-state index in [-0.39, 0.29) is 11.7 Å². The molecule has 24 heavy (non-hydrogen) atoms. The minimum Gasteiger partial charge on any atom is -0.381 e. The lowest BCUT2D eigenvalue weighted by molar-refractivity contribution is -0.140. The molecule has 2 saturated heterocycles. The summed E-state index contributed by atoms with van der Waals surface area (Å²) in [6, 6.07) is 6.83. The summed E-state index contributed by atoms with van der Waals surface area (Å²) in [4.78, 5) is 17.7. The SMILES string of the molecule is C[C@H]1CN(C(=O)C2(c3ccc(F)cc3)CCOCC2)C[C@H]1N(C)C. The van der Waals surface area contributed by atoms with Gasteiger partial charge in [0.25, 0.3) is 0 Å². The summed E-state index contributed by atoms with van der Waals surface area (Å²) in [6.45, 7) is 4.89. The monoisotopic (exact) mass is 334 g/mol. The van der Waals surface area contributed by atoms with Crippen LogP contribution in [0.3, 0.4) is 0 Å². The second-order valence-corrected chi connectivity index (χ2v) is 7.42. The van der Waals surface area contributed by atoms with Crippen molar-refractivity contribution in [2.24, 2.45) is 5.92 Å². The van der Waals surface area contributed by atoms with Crippen molar-refractivity contribution in [2.45, 2.75) is 31.2 Å². The first kappa shape index (κ1) is 17.4. The molecule has 1 aromatic carbocycles. The van der Waals surface area contributed by atoms with Crippen molar-refractivity contribution in [3.8, 4) is 0 Å². The quantitative estimate of drug-likeness (QED) is 0.850. The van der Waals surface area contributed by atoms with Crippen molar-refractivity contribution in [3.63, 3.8) is 0 Å². The Morgan fingerprint density at radius 3 is 2.38 bits per heavy atom. The molecule has 3 rings (SSSR count). The summed E-state index contributed by atoms with van der Waals surface area (Å²) in [6.07, 6.45) is 1.32. The Bertz CT molecular complexity index is 582. The summed E-state index contributed by atoms with van der Waals surface area (Å²) >= 11 is 0. The van der Waals surface area contributed by atoms with Gasteiger partial charge in [-0.15, -0.1) is 0 Å². The van der Waals surface area contributed by atoms with Crippen LogP contribution in [0.4, 0.5) is 4.39 Å². The molecule has 2 aliphatic rings. The van der Waals surface area contributed by atoms with Crippen LogP contribution in [0.15, 0.2) is 24.3 Å². The van der Waals surface area contributed by atoms with Crippen molar-refractivity contribution >= 4 is 5.91 Å². The summed E-state index contributed by atoms with van der Waals surface area (Å²) in [7, 11) is 4.14. The highest BCUT2D eigenvalue weighted by Gasteiger charge is 2.46. The van der Waals surface area contributed by atoms with E-state index < -0.39 is 5.41 Å². The van der Waals surface area contributed by atoms with Gasteiger partial charge in [-0.25, -0.2) is 4.39 Å². The van der Waals surface area contributed by atoms with Crippen LogP contribution >= 0.6 is 0 Å². The van der Waals surface area contributed by atoms with Crippen LogP contribution < -0.4 is 0 Å². The first-order chi connectivity index (χ1) is 11.4. The number of likely N-dealkylation sites (tertiary alicyclic amines) is 1. The van der Waals surface area contributed by atoms with E-state index in [4.69, 9.17) is 4.74 Å². The number of hydrogen-bond acceptors (Lipinski definition) is 3. The predicted octanol–water partition coefficient (Wildman–Crippen LogP) is 2.28. The molecule has 0 unspecified atom stereocenters. The fourth-order valence-electron chi connectivity index (χ4n) is 4.21. The molecule has 0 saturated carbocycles. The van der Waals surface area contributed by atoms with Gasteiger partial charge in [-0.1, -0.05) is 19.1 Å². The standard InChI is InChI=1S/C19H27FN2O2/c1-14-12-22(13-17(14)21(2)3)18(23)19(8-10-24-11-9-19)15-4-6-16(20)7-5-15/h4-7,14,17H,8-13H2,1-3H3/t14-,17+/m0/s1. The van der Waals surface area contributed by atoms with E-state index in [9.17, 15) is 9.18 Å². The zero-order chi connectivity index (χ0) is 17.3. The highest BCUT2D eigenvalue weighted by atomic mass is 19.1. The second-order valence-electron chi connectivity index (χ2n) is 7.42. The first-order valence-corrected chi connectivity index (χ1v) is 8.73. The predicted molar refractivity (Wildman–Crippen MR) is 91.4 cm³/mol. The normalized spacial score (nSPS) is 26.8. The molecule has 0 radical (unpaired) electrons. The fraction of sp³-hybridized carbons (Fsp3) is 0.632. The zero-order valence-electron chi connectivity index (χ0n) is 14.8. The van der Waals surface area contributed by atoms with Crippen LogP contribution in [-0.2, 0) is 14.9 Å². The Balaban J connectivity index is 1.89. The molecule has 0 bridgehead atoms. The molecule has 5 heteroatoms. The third-order valence-electron chi connectivity index (χ3n) is 5.68. The number of amides is 1. The Morgan fingerprint density at radius 1 is 1.21 bits per heavy atom. The Labute approximate surface area is 143 Å². The minimum atomic E-state index is -0.577. The molecule has 4 nitrogen and oxygen atoms in total. The summed E-state index contributed by atoms with van der Waals surface area (Å²) in [5.74, 6) is 0.360. The smallest absolute Gasteiger partial charge is 0.233 e. The molecular formula is C19H27FN2O2. The van der Waals surface area contributed by atoms with Gasteiger partial charge in [-0.2, -0.15) is 0 Å². The molecular weight excluding hydrogens is 307 g/mol. The van der Waals surface area contributed by atoms with Gasteiger partial charge in [0, 0.05) is 32.3 Å². The molecule has 1 aromatic rings. The lowest BCUT2D eigenvalue weighted by Gasteiger charge is -2.39. The molecule has 0 aliphatic carbocycles. The van der Waals surface area contributed by atoms with Crippen molar-refractivity contribution in [1.82, 2.24) is 9.80 Å². The fourth-order valence-corrected chi connectivity index (χ4v) is 4.21. The molecule has 2 atom stereocenters. The maximum atomic E-state index is 13.5. The highest BCUT2D eigenvalue weighted by molar-refractivity contribution is 5.88. The van der Waals surface area contributed by atoms with Gasteiger partial charge < -0.3 is 14.5 Å². The van der Waals surface area contributed by atoms with Crippen molar-refractivity contribution in [1.29, 1.82) is 0 Å². The molecule has 2 heterocycles. The van der Waals surface area contributed by atoms with E-state index in [2.05, 4.69) is 25.9 Å². The van der Waals surface area contributed by atoms with Crippen molar-refractivity contribution in [2.75, 3.05) is 40.4 Å². The number of hydrogen-bond donors (Lipinski definition) is 0. The first-order valence-electron chi connectivity index (χ1n) is 8.73. The van der Waals surface area contributed by atoms with Crippen LogP contribution in [0.5, 0.6) is 0 Å². The van der Waals surface area contributed by atoms with E-state index in [0.29, 0.717) is 38.0 Å². The van der Waals surface area contributed by atoms with E-state index in [1.54, 1.807) is 12.1 Å². The third-order valence-corrected chi connectivity index (χ3v) is 5.68. The maximum absolute atomic E-state index is 13.5. The Morgan fingerprint density at radius 2 is 1.83 bits per heavy atom. The molecule has 0 aromatic heterocycles. The number of carbonyl (C=O) groups is 1. The van der Waals surface area contributed by atoms with E-state index >= 15 is 0 Å². The van der Waals surface area contributed by atoms with Gasteiger partial charge in [0.15, 0.2) is 0 Å². The van der Waals surface area contributed by atoms with E-state index in [1.807, 2.05) is 4.90 Å². The van der Waals surface area contributed by atoms with Crippen LogP contribution in [-0.4, -0.2) is 62.1 Å². The summed E-state index contributed by atoms with van der Waals surface area (Å²) < 4.78 is 18.9. The molecule has 2 aliphatic heterocycles. The van der Waals surface area contributed by atoms with Gasteiger partial charge in [0.2, 0.25) is 5.91 Å². The molecule has 2 fully saturated rings.